The van der Waals surface area contributed by atoms with Gasteiger partial charge < -0.3 is 16.2 Å². The first-order valence-electron chi connectivity index (χ1n) is 6.89. The molecule has 2 aromatic carbocycles. The Labute approximate surface area is 127 Å². The fraction of sp³-hybridized carbons (Fsp3) is 0.250. The number of hydrogen-bond donors (Lipinski definition) is 2. The predicted molar refractivity (Wildman–Crippen MR) is 83.4 cm³/mol. The summed E-state index contributed by atoms with van der Waals surface area (Å²) >= 11 is 5.80. The molecule has 0 aliphatic heterocycles. The van der Waals surface area contributed by atoms with Crippen molar-refractivity contribution in [1.29, 1.82) is 0 Å². The molecule has 0 atom stereocenters. The average Bonchev–Trinajstić information content (AvgIpc) is 2.49. The van der Waals surface area contributed by atoms with E-state index in [1.54, 1.807) is 0 Å². The van der Waals surface area contributed by atoms with Crippen LogP contribution in [0.15, 0.2) is 24.3 Å². The number of halogens is 2. The van der Waals surface area contributed by atoms with Crippen LogP contribution in [0.3, 0.4) is 0 Å². The van der Waals surface area contributed by atoms with Crippen LogP contribution >= 0.6 is 11.6 Å². The first kappa shape index (κ1) is 14.0. The molecule has 0 unspecified atom stereocenters. The Kier molecular flexibility index (Phi) is 3.64. The summed E-state index contributed by atoms with van der Waals surface area (Å²) in [5, 5.41) is -0.169. The second kappa shape index (κ2) is 5.45. The van der Waals surface area contributed by atoms with Crippen LogP contribution in [0.1, 0.15) is 24.0 Å². The molecule has 2 aromatic rings. The Bertz CT molecular complexity index is 703. The minimum atomic E-state index is -0.730. The van der Waals surface area contributed by atoms with Crippen molar-refractivity contribution in [2.45, 2.75) is 25.7 Å². The first-order valence-corrected chi connectivity index (χ1v) is 7.26. The molecule has 3 nitrogen and oxygen atoms in total. The lowest BCUT2D eigenvalue weighted by atomic mass is 9.92. The van der Waals surface area contributed by atoms with E-state index in [0.29, 0.717) is 5.75 Å². The summed E-state index contributed by atoms with van der Waals surface area (Å²) in [6.45, 7) is 0. The molecule has 21 heavy (non-hydrogen) atoms. The molecular formula is C16H16ClFN2O. The Morgan fingerprint density at radius 2 is 1.71 bits per heavy atom. The maximum atomic E-state index is 14.1. The number of benzene rings is 2. The molecule has 1 aliphatic carbocycles. The van der Waals surface area contributed by atoms with Crippen LogP contribution in [0, 0.1) is 5.82 Å². The highest BCUT2D eigenvalue weighted by molar-refractivity contribution is 6.33. The predicted octanol–water partition coefficient (Wildman–Crippen LogP) is 4.31. The largest absolute Gasteiger partial charge is 0.452 e. The van der Waals surface area contributed by atoms with E-state index in [4.69, 9.17) is 27.8 Å². The molecule has 5 heteroatoms. The van der Waals surface area contributed by atoms with Gasteiger partial charge in [0.1, 0.15) is 10.8 Å². The van der Waals surface area contributed by atoms with Crippen LogP contribution in [0.5, 0.6) is 11.5 Å². The van der Waals surface area contributed by atoms with Gasteiger partial charge in [-0.05, 0) is 55.0 Å². The summed E-state index contributed by atoms with van der Waals surface area (Å²) in [6, 6.07) is 7.20. The van der Waals surface area contributed by atoms with Crippen molar-refractivity contribution in [2.75, 3.05) is 11.5 Å². The lowest BCUT2D eigenvalue weighted by molar-refractivity contribution is 0.444. The van der Waals surface area contributed by atoms with E-state index in [2.05, 4.69) is 0 Å². The number of rotatable bonds is 2. The van der Waals surface area contributed by atoms with Crippen molar-refractivity contribution in [3.8, 4) is 11.5 Å². The lowest BCUT2D eigenvalue weighted by Gasteiger charge is -2.17. The molecule has 0 saturated carbocycles. The highest BCUT2D eigenvalue weighted by Crippen LogP contribution is 2.38. The van der Waals surface area contributed by atoms with Crippen molar-refractivity contribution >= 4 is 23.0 Å². The first-order chi connectivity index (χ1) is 10.1. The van der Waals surface area contributed by atoms with Crippen LogP contribution in [-0.2, 0) is 12.8 Å². The summed E-state index contributed by atoms with van der Waals surface area (Å²) in [7, 11) is 0. The molecule has 3 rings (SSSR count). The van der Waals surface area contributed by atoms with E-state index in [-0.39, 0.29) is 22.1 Å². The zero-order valence-corrected chi connectivity index (χ0v) is 12.2. The number of fused-ring (bicyclic) bond motifs is 1. The zero-order valence-electron chi connectivity index (χ0n) is 11.5. The summed E-state index contributed by atoms with van der Waals surface area (Å²) < 4.78 is 19.7. The molecule has 0 aromatic heterocycles. The van der Waals surface area contributed by atoms with Crippen LogP contribution in [0.25, 0.3) is 0 Å². The molecule has 0 bridgehead atoms. The lowest BCUT2D eigenvalue weighted by Crippen LogP contribution is -2.03. The third-order valence-electron chi connectivity index (χ3n) is 3.76. The fourth-order valence-corrected chi connectivity index (χ4v) is 2.78. The summed E-state index contributed by atoms with van der Waals surface area (Å²) in [4.78, 5) is 0. The second-order valence-electron chi connectivity index (χ2n) is 5.25. The van der Waals surface area contributed by atoms with Gasteiger partial charge in [-0.25, -0.2) is 4.39 Å². The van der Waals surface area contributed by atoms with Gasteiger partial charge in [-0.2, -0.15) is 0 Å². The van der Waals surface area contributed by atoms with Gasteiger partial charge in [0.25, 0.3) is 0 Å². The highest BCUT2D eigenvalue weighted by atomic mass is 35.5. The molecule has 0 saturated heterocycles. The molecule has 1 aliphatic rings. The van der Waals surface area contributed by atoms with Crippen LogP contribution in [0.4, 0.5) is 15.8 Å². The molecule has 0 radical (unpaired) electrons. The van der Waals surface area contributed by atoms with Gasteiger partial charge in [0.05, 0.1) is 11.4 Å². The van der Waals surface area contributed by atoms with Crippen molar-refractivity contribution in [2.24, 2.45) is 0 Å². The van der Waals surface area contributed by atoms with Gasteiger partial charge >= 0.3 is 0 Å². The van der Waals surface area contributed by atoms with Gasteiger partial charge in [0, 0.05) is 0 Å². The van der Waals surface area contributed by atoms with E-state index in [1.165, 1.54) is 30.0 Å². The molecule has 0 fully saturated rings. The van der Waals surface area contributed by atoms with Crippen molar-refractivity contribution in [1.82, 2.24) is 0 Å². The normalized spacial score (nSPS) is 13.8. The Balaban J connectivity index is 1.96. The fourth-order valence-electron chi connectivity index (χ4n) is 2.64. The number of hydrogen-bond acceptors (Lipinski definition) is 3. The molecule has 0 amide bonds. The minimum absolute atomic E-state index is 0.0787. The van der Waals surface area contributed by atoms with Crippen LogP contribution in [0.2, 0.25) is 5.02 Å². The number of nitrogens with two attached hydrogens (primary N) is 2. The topological polar surface area (TPSA) is 61.3 Å². The van der Waals surface area contributed by atoms with Crippen LogP contribution in [-0.4, -0.2) is 0 Å². The van der Waals surface area contributed by atoms with Gasteiger partial charge in [0.15, 0.2) is 11.6 Å². The van der Waals surface area contributed by atoms with E-state index >= 15 is 0 Å². The highest BCUT2D eigenvalue weighted by Gasteiger charge is 2.17. The van der Waals surface area contributed by atoms with Crippen molar-refractivity contribution in [3.63, 3.8) is 0 Å². The summed E-state index contributed by atoms with van der Waals surface area (Å²) in [5.74, 6) is -0.251. The summed E-state index contributed by atoms with van der Waals surface area (Å²) in [5.41, 5.74) is 14.2. The van der Waals surface area contributed by atoms with Gasteiger partial charge in [0.2, 0.25) is 0 Å². The van der Waals surface area contributed by atoms with Crippen LogP contribution < -0.4 is 16.2 Å². The Morgan fingerprint density at radius 3 is 2.48 bits per heavy atom. The number of aryl methyl sites for hydroxylation is 2. The standard InChI is InChI=1S/C16H16ClFN2O/c17-14-12(19)8-13(20)16(15(14)18)21-11-6-5-9-3-1-2-4-10(9)7-11/h5-8H,1-4,19-20H2. The molecule has 110 valence electrons. The average molecular weight is 307 g/mol. The van der Waals surface area contributed by atoms with Crippen molar-refractivity contribution < 1.29 is 9.13 Å². The van der Waals surface area contributed by atoms with E-state index in [9.17, 15) is 4.39 Å². The number of anilines is 2. The van der Waals surface area contributed by atoms with E-state index in [1.807, 2.05) is 18.2 Å². The maximum absolute atomic E-state index is 14.1. The van der Waals surface area contributed by atoms with E-state index < -0.39 is 5.82 Å². The molecule has 4 N–H and O–H groups in total. The van der Waals surface area contributed by atoms with E-state index in [0.717, 1.165) is 12.8 Å². The van der Waals surface area contributed by atoms with Gasteiger partial charge in [-0.15, -0.1) is 0 Å². The zero-order chi connectivity index (χ0) is 15.0. The summed E-state index contributed by atoms with van der Waals surface area (Å²) in [6.07, 6.45) is 4.48. The third kappa shape index (κ3) is 2.63. The maximum Gasteiger partial charge on any atom is 0.188 e. The third-order valence-corrected chi connectivity index (χ3v) is 4.14. The number of nitrogen functional groups attached to an aromatic ring is 2. The molecule has 0 spiro atoms. The molecule has 0 heterocycles. The minimum Gasteiger partial charge on any atom is -0.452 e. The van der Waals surface area contributed by atoms with Gasteiger partial charge in [-0.3, -0.25) is 0 Å². The smallest absolute Gasteiger partial charge is 0.188 e. The molecular weight excluding hydrogens is 291 g/mol. The van der Waals surface area contributed by atoms with Gasteiger partial charge in [-0.1, -0.05) is 17.7 Å². The Morgan fingerprint density at radius 1 is 1.00 bits per heavy atom. The quantitative estimate of drug-likeness (QED) is 0.812. The second-order valence-corrected chi connectivity index (χ2v) is 5.63. The SMILES string of the molecule is Nc1cc(N)c(Oc2ccc3c(c2)CCCC3)c(F)c1Cl. The monoisotopic (exact) mass is 306 g/mol. The number of ether oxygens (including phenoxy) is 1. The van der Waals surface area contributed by atoms with Crippen molar-refractivity contribution in [3.05, 3.63) is 46.2 Å². The Hall–Kier alpha value is -1.94.